The molecule has 0 saturated carbocycles. The van der Waals surface area contributed by atoms with Gasteiger partial charge in [0.25, 0.3) is 0 Å². The molecule has 0 aliphatic rings. The van der Waals surface area contributed by atoms with Crippen LogP contribution in [0.2, 0.25) is 0 Å². The molecule has 1 aromatic carbocycles. The molecule has 0 saturated heterocycles. The summed E-state index contributed by atoms with van der Waals surface area (Å²) in [6, 6.07) is 5.23. The van der Waals surface area contributed by atoms with Gasteiger partial charge in [-0.3, -0.25) is 4.98 Å². The zero-order chi connectivity index (χ0) is 12.0. The Morgan fingerprint density at radius 3 is 3.00 bits per heavy atom. The number of anilines is 1. The highest BCUT2D eigenvalue weighted by Gasteiger charge is 2.08. The highest BCUT2D eigenvalue weighted by molar-refractivity contribution is 5.81. The number of nitrogen functional groups attached to an aromatic ring is 1. The van der Waals surface area contributed by atoms with Crippen molar-refractivity contribution in [2.75, 3.05) is 5.73 Å². The molecule has 0 radical (unpaired) electrons. The van der Waals surface area contributed by atoms with Crippen molar-refractivity contribution in [3.05, 3.63) is 40.6 Å². The zero-order valence-corrected chi connectivity index (χ0v) is 9.10. The number of nitrogens with two attached hydrogens (primary N) is 1. The number of aromatic nitrogens is 3. The van der Waals surface area contributed by atoms with Gasteiger partial charge in [0.2, 0.25) is 0 Å². The molecule has 3 rings (SSSR count). The number of hydrogen-bond donors (Lipinski definition) is 2. The van der Waals surface area contributed by atoms with Gasteiger partial charge in [-0.15, -0.1) is 0 Å². The summed E-state index contributed by atoms with van der Waals surface area (Å²) in [6.45, 7) is 1.89. The maximum absolute atomic E-state index is 11.1. The average molecular weight is 230 g/mol. The predicted octanol–water partition coefficient (Wildman–Crippen LogP) is 1.20. The summed E-state index contributed by atoms with van der Waals surface area (Å²) in [4.78, 5) is 13.7. The van der Waals surface area contributed by atoms with Crippen molar-refractivity contribution >= 4 is 16.8 Å². The molecule has 86 valence electrons. The van der Waals surface area contributed by atoms with Crippen LogP contribution in [0.5, 0.6) is 0 Å². The summed E-state index contributed by atoms with van der Waals surface area (Å²) in [5, 5.41) is 4.27. The first-order valence-corrected chi connectivity index (χ1v) is 5.08. The minimum Gasteiger partial charge on any atom is -0.408 e. The fourth-order valence-electron chi connectivity index (χ4n) is 1.75. The lowest BCUT2D eigenvalue weighted by atomic mass is 10.2. The molecular formula is C11H10N4O2. The summed E-state index contributed by atoms with van der Waals surface area (Å²) in [6.07, 6.45) is 1.81. The molecule has 0 spiro atoms. The van der Waals surface area contributed by atoms with Gasteiger partial charge in [-0.2, -0.15) is 5.10 Å². The van der Waals surface area contributed by atoms with Gasteiger partial charge >= 0.3 is 5.76 Å². The van der Waals surface area contributed by atoms with Gasteiger partial charge in [0.05, 0.1) is 22.6 Å². The number of nitrogens with one attached hydrogen (secondary N) is 1. The fraction of sp³-hybridized carbons (Fsp3) is 0.0909. The van der Waals surface area contributed by atoms with Gasteiger partial charge < -0.3 is 10.2 Å². The Morgan fingerprint density at radius 2 is 2.29 bits per heavy atom. The Balaban J connectivity index is 2.29. The van der Waals surface area contributed by atoms with Crippen molar-refractivity contribution < 1.29 is 4.42 Å². The number of aryl methyl sites for hydroxylation is 1. The lowest BCUT2D eigenvalue weighted by Crippen LogP contribution is -2.00. The van der Waals surface area contributed by atoms with Crippen LogP contribution >= 0.6 is 0 Å². The second kappa shape index (κ2) is 3.24. The Labute approximate surface area is 95.7 Å². The van der Waals surface area contributed by atoms with Gasteiger partial charge in [0, 0.05) is 12.3 Å². The van der Waals surface area contributed by atoms with Crippen LogP contribution in [-0.2, 0) is 0 Å². The number of fused-ring (bicyclic) bond motifs is 1. The first-order valence-electron chi connectivity index (χ1n) is 5.08. The van der Waals surface area contributed by atoms with Crippen LogP contribution < -0.4 is 11.5 Å². The molecule has 0 bridgehead atoms. The number of aromatic amines is 1. The van der Waals surface area contributed by atoms with Gasteiger partial charge in [-0.25, -0.2) is 9.48 Å². The molecule has 2 aromatic heterocycles. The summed E-state index contributed by atoms with van der Waals surface area (Å²) in [5.74, 6) is -0.492. The molecule has 0 aliphatic carbocycles. The third-order valence-electron chi connectivity index (χ3n) is 2.54. The summed E-state index contributed by atoms with van der Waals surface area (Å²) >= 11 is 0. The van der Waals surface area contributed by atoms with Gasteiger partial charge in [-0.05, 0) is 19.1 Å². The molecule has 0 fully saturated rings. The van der Waals surface area contributed by atoms with E-state index >= 15 is 0 Å². The number of hydrogen-bond acceptors (Lipinski definition) is 4. The maximum Gasteiger partial charge on any atom is 0.417 e. The van der Waals surface area contributed by atoms with E-state index in [9.17, 15) is 4.79 Å². The molecule has 6 heteroatoms. The topological polar surface area (TPSA) is 89.8 Å². The van der Waals surface area contributed by atoms with E-state index in [-0.39, 0.29) is 0 Å². The first kappa shape index (κ1) is 9.71. The normalized spacial score (nSPS) is 11.1. The number of oxazole rings is 1. The zero-order valence-electron chi connectivity index (χ0n) is 9.10. The molecule has 0 atom stereocenters. The molecule has 2 heterocycles. The highest BCUT2D eigenvalue weighted by atomic mass is 16.4. The highest BCUT2D eigenvalue weighted by Crippen LogP contribution is 2.22. The van der Waals surface area contributed by atoms with E-state index < -0.39 is 5.76 Å². The van der Waals surface area contributed by atoms with E-state index in [2.05, 4.69) is 10.1 Å². The van der Waals surface area contributed by atoms with Crippen LogP contribution in [0.4, 0.5) is 5.69 Å². The van der Waals surface area contributed by atoms with E-state index in [1.807, 2.05) is 19.2 Å². The summed E-state index contributed by atoms with van der Waals surface area (Å²) in [5.41, 5.74) is 9.06. The summed E-state index contributed by atoms with van der Waals surface area (Å²) < 4.78 is 6.59. The van der Waals surface area contributed by atoms with Crippen molar-refractivity contribution in [2.24, 2.45) is 0 Å². The van der Waals surface area contributed by atoms with Crippen molar-refractivity contribution in [1.82, 2.24) is 14.8 Å². The predicted molar refractivity (Wildman–Crippen MR) is 63.1 cm³/mol. The standard InChI is InChI=1S/C11H10N4O2/c1-6-2-3-15(14-6)9-5-8-10(4-7(9)12)17-11(16)13-8/h2-5H,12H2,1H3,(H,13,16). The van der Waals surface area contributed by atoms with E-state index in [0.29, 0.717) is 22.5 Å². The van der Waals surface area contributed by atoms with Crippen molar-refractivity contribution in [2.45, 2.75) is 6.92 Å². The molecule has 17 heavy (non-hydrogen) atoms. The third-order valence-corrected chi connectivity index (χ3v) is 2.54. The lowest BCUT2D eigenvalue weighted by Gasteiger charge is -2.04. The Kier molecular flexibility index (Phi) is 1.85. The van der Waals surface area contributed by atoms with Crippen LogP contribution in [0.3, 0.4) is 0 Å². The second-order valence-corrected chi connectivity index (χ2v) is 3.82. The lowest BCUT2D eigenvalue weighted by molar-refractivity contribution is 0.555. The number of benzene rings is 1. The SMILES string of the molecule is Cc1ccn(-c2cc3[nH]c(=O)oc3cc2N)n1. The number of nitrogens with zero attached hydrogens (tertiary/aromatic N) is 2. The fourth-order valence-corrected chi connectivity index (χ4v) is 1.75. The molecular weight excluding hydrogens is 220 g/mol. The second-order valence-electron chi connectivity index (χ2n) is 3.82. The first-order chi connectivity index (χ1) is 8.13. The smallest absolute Gasteiger partial charge is 0.408 e. The van der Waals surface area contributed by atoms with Gasteiger partial charge in [0.1, 0.15) is 0 Å². The van der Waals surface area contributed by atoms with Gasteiger partial charge in [0.15, 0.2) is 5.58 Å². The van der Waals surface area contributed by atoms with E-state index in [1.54, 1.807) is 16.8 Å². The number of rotatable bonds is 1. The van der Waals surface area contributed by atoms with Crippen molar-refractivity contribution in [1.29, 1.82) is 0 Å². The van der Waals surface area contributed by atoms with Crippen molar-refractivity contribution in [3.63, 3.8) is 0 Å². The number of H-pyrrole nitrogens is 1. The van der Waals surface area contributed by atoms with Crippen LogP contribution in [0.15, 0.2) is 33.6 Å². The quantitative estimate of drug-likeness (QED) is 0.614. The Morgan fingerprint density at radius 1 is 1.47 bits per heavy atom. The third kappa shape index (κ3) is 1.50. The van der Waals surface area contributed by atoms with Crippen molar-refractivity contribution in [3.8, 4) is 5.69 Å². The minimum absolute atomic E-state index is 0.445. The molecule has 3 aromatic rings. The van der Waals surface area contributed by atoms with Crippen LogP contribution in [0.25, 0.3) is 16.8 Å². The molecule has 3 N–H and O–H groups in total. The Hall–Kier alpha value is -2.50. The average Bonchev–Trinajstić information content (AvgIpc) is 2.82. The monoisotopic (exact) mass is 230 g/mol. The molecule has 6 nitrogen and oxygen atoms in total. The van der Waals surface area contributed by atoms with Crippen LogP contribution in [-0.4, -0.2) is 14.8 Å². The largest absolute Gasteiger partial charge is 0.417 e. The molecule has 0 aliphatic heterocycles. The van der Waals surface area contributed by atoms with E-state index in [4.69, 9.17) is 10.2 Å². The summed E-state index contributed by atoms with van der Waals surface area (Å²) in [7, 11) is 0. The van der Waals surface area contributed by atoms with Crippen LogP contribution in [0, 0.1) is 6.92 Å². The molecule has 0 unspecified atom stereocenters. The molecule has 0 amide bonds. The van der Waals surface area contributed by atoms with E-state index in [0.717, 1.165) is 5.69 Å². The Bertz CT molecular complexity index is 750. The van der Waals surface area contributed by atoms with E-state index in [1.165, 1.54) is 0 Å². The van der Waals surface area contributed by atoms with Crippen LogP contribution in [0.1, 0.15) is 5.69 Å². The van der Waals surface area contributed by atoms with Gasteiger partial charge in [-0.1, -0.05) is 0 Å². The maximum atomic E-state index is 11.1. The minimum atomic E-state index is -0.492.